The van der Waals surface area contributed by atoms with Crippen LogP contribution in [0.5, 0.6) is 0 Å². The Kier molecular flexibility index (Phi) is 2.26. The molecular weight excluding hydrogens is 244 g/mol. The summed E-state index contributed by atoms with van der Waals surface area (Å²) in [5.74, 6) is -4.85. The molecular formula is C14H5F4. The molecule has 0 unspecified atom stereocenters. The molecule has 0 aromatic heterocycles. The molecule has 0 fully saturated rings. The van der Waals surface area contributed by atoms with E-state index in [1.54, 1.807) is 6.07 Å². The maximum absolute atomic E-state index is 13.6. The van der Waals surface area contributed by atoms with Gasteiger partial charge < -0.3 is 0 Å². The second-order valence-corrected chi connectivity index (χ2v) is 3.93. The van der Waals surface area contributed by atoms with Gasteiger partial charge in [-0.3, -0.25) is 0 Å². The van der Waals surface area contributed by atoms with E-state index >= 15 is 0 Å². The minimum Gasteiger partial charge on any atom is -0.206 e. The number of hydrogen-bond acceptors (Lipinski definition) is 0. The number of rotatable bonds is 0. The van der Waals surface area contributed by atoms with Crippen LogP contribution in [0.15, 0.2) is 30.3 Å². The first-order valence-electron chi connectivity index (χ1n) is 5.15. The fourth-order valence-electron chi connectivity index (χ4n) is 1.96. The number of fused-ring (bicyclic) bond motifs is 2. The zero-order valence-electron chi connectivity index (χ0n) is 8.90. The van der Waals surface area contributed by atoms with Gasteiger partial charge in [0.05, 0.1) is 0 Å². The molecule has 0 N–H and O–H groups in total. The summed E-state index contributed by atoms with van der Waals surface area (Å²) < 4.78 is 53.2. The molecule has 0 aliphatic carbocycles. The maximum Gasteiger partial charge on any atom is 0.195 e. The number of benzene rings is 3. The van der Waals surface area contributed by atoms with E-state index in [0.29, 0.717) is 5.39 Å². The van der Waals surface area contributed by atoms with Crippen LogP contribution in [0.4, 0.5) is 17.6 Å². The smallest absolute Gasteiger partial charge is 0.195 e. The average Bonchev–Trinajstić information content (AvgIpc) is 2.35. The van der Waals surface area contributed by atoms with Gasteiger partial charge in [0.2, 0.25) is 0 Å². The third-order valence-electron chi connectivity index (χ3n) is 2.83. The van der Waals surface area contributed by atoms with Crippen LogP contribution in [0, 0.1) is 29.3 Å². The first-order chi connectivity index (χ1) is 8.58. The summed E-state index contributed by atoms with van der Waals surface area (Å²) in [4.78, 5) is 0. The van der Waals surface area contributed by atoms with Crippen molar-refractivity contribution < 1.29 is 17.6 Å². The van der Waals surface area contributed by atoms with Crippen LogP contribution in [-0.4, -0.2) is 0 Å². The molecule has 0 heterocycles. The molecule has 89 valence electrons. The average molecular weight is 249 g/mol. The summed E-state index contributed by atoms with van der Waals surface area (Å²) in [6, 6.07) is 8.95. The van der Waals surface area contributed by atoms with Crippen LogP contribution >= 0.6 is 0 Å². The second-order valence-electron chi connectivity index (χ2n) is 3.93. The Morgan fingerprint density at radius 2 is 1.61 bits per heavy atom. The van der Waals surface area contributed by atoms with Gasteiger partial charge in [-0.1, -0.05) is 12.1 Å². The van der Waals surface area contributed by atoms with E-state index in [-0.39, 0.29) is 16.2 Å². The molecule has 3 aromatic rings. The van der Waals surface area contributed by atoms with Gasteiger partial charge in [0.25, 0.3) is 0 Å². The minimum atomic E-state index is -1.60. The van der Waals surface area contributed by atoms with Crippen LogP contribution in [0.1, 0.15) is 0 Å². The maximum atomic E-state index is 13.6. The van der Waals surface area contributed by atoms with E-state index < -0.39 is 23.3 Å². The highest BCUT2D eigenvalue weighted by atomic mass is 19.2. The largest absolute Gasteiger partial charge is 0.206 e. The van der Waals surface area contributed by atoms with Crippen LogP contribution in [0.3, 0.4) is 0 Å². The molecule has 0 spiro atoms. The van der Waals surface area contributed by atoms with Crippen molar-refractivity contribution in [3.63, 3.8) is 0 Å². The van der Waals surface area contributed by atoms with Gasteiger partial charge in [0, 0.05) is 16.8 Å². The van der Waals surface area contributed by atoms with E-state index in [0.717, 1.165) is 6.07 Å². The summed E-state index contributed by atoms with van der Waals surface area (Å²) in [5, 5.41) is 0.517. The molecule has 0 nitrogen and oxygen atoms in total. The molecule has 0 saturated heterocycles. The summed E-state index contributed by atoms with van der Waals surface area (Å²) >= 11 is 0. The van der Waals surface area contributed by atoms with E-state index in [9.17, 15) is 17.6 Å². The topological polar surface area (TPSA) is 0 Å². The van der Waals surface area contributed by atoms with Gasteiger partial charge >= 0.3 is 0 Å². The fraction of sp³-hybridized carbons (Fsp3) is 0. The standard InChI is InChI=1S/C14H5F4/c15-11-3-1-2-7-4-8-5-12(16)14(18)13(17)10(8)6-9(7)11/h1-4,6H. The Hall–Kier alpha value is -2.10. The van der Waals surface area contributed by atoms with Crippen molar-refractivity contribution in [2.24, 2.45) is 0 Å². The lowest BCUT2D eigenvalue weighted by atomic mass is 10.0. The highest BCUT2D eigenvalue weighted by Crippen LogP contribution is 2.28. The zero-order chi connectivity index (χ0) is 12.9. The van der Waals surface area contributed by atoms with Crippen molar-refractivity contribution in [2.75, 3.05) is 0 Å². The summed E-state index contributed by atoms with van der Waals surface area (Å²) in [7, 11) is 0. The lowest BCUT2D eigenvalue weighted by Gasteiger charge is -2.05. The predicted octanol–water partition coefficient (Wildman–Crippen LogP) is 4.35. The van der Waals surface area contributed by atoms with Crippen LogP contribution < -0.4 is 0 Å². The van der Waals surface area contributed by atoms with Gasteiger partial charge in [0.15, 0.2) is 17.5 Å². The Labute approximate surface area is 99.5 Å². The molecule has 3 rings (SSSR count). The zero-order valence-corrected chi connectivity index (χ0v) is 8.90. The third-order valence-corrected chi connectivity index (χ3v) is 2.83. The normalized spacial score (nSPS) is 11.3. The first kappa shape index (κ1) is 11.0. The summed E-state index contributed by atoms with van der Waals surface area (Å²) in [6.07, 6.45) is 0. The molecule has 0 amide bonds. The van der Waals surface area contributed by atoms with Gasteiger partial charge in [-0.05, 0) is 29.0 Å². The van der Waals surface area contributed by atoms with Gasteiger partial charge in [-0.15, -0.1) is 0 Å². The van der Waals surface area contributed by atoms with E-state index in [1.807, 2.05) is 0 Å². The molecule has 0 bridgehead atoms. The Balaban J connectivity index is 2.54. The number of halogens is 4. The number of hydrogen-bond donors (Lipinski definition) is 0. The van der Waals surface area contributed by atoms with Gasteiger partial charge in [0.1, 0.15) is 5.82 Å². The summed E-state index contributed by atoms with van der Waals surface area (Å²) in [6.45, 7) is 0. The first-order valence-corrected chi connectivity index (χ1v) is 5.15. The third kappa shape index (κ3) is 1.45. The lowest BCUT2D eigenvalue weighted by Crippen LogP contribution is -1.93. The molecule has 1 radical (unpaired) electrons. The SMILES string of the molecule is Fc1[c]c2cc3cccc(F)c3cc2c(F)c1F. The Morgan fingerprint density at radius 3 is 2.39 bits per heavy atom. The highest BCUT2D eigenvalue weighted by molar-refractivity contribution is 5.98. The van der Waals surface area contributed by atoms with Crippen LogP contribution in [-0.2, 0) is 0 Å². The van der Waals surface area contributed by atoms with Crippen LogP contribution in [0.25, 0.3) is 21.5 Å². The molecule has 0 aliphatic heterocycles. The fourth-order valence-corrected chi connectivity index (χ4v) is 1.96. The second kappa shape index (κ2) is 3.70. The van der Waals surface area contributed by atoms with Crippen molar-refractivity contribution in [3.05, 3.63) is 59.7 Å². The minimum absolute atomic E-state index is 0.0736. The van der Waals surface area contributed by atoms with E-state index in [1.165, 1.54) is 18.2 Å². The van der Waals surface area contributed by atoms with Crippen molar-refractivity contribution in [2.45, 2.75) is 0 Å². The molecule has 3 aromatic carbocycles. The van der Waals surface area contributed by atoms with Crippen LogP contribution in [0.2, 0.25) is 0 Å². The van der Waals surface area contributed by atoms with E-state index in [2.05, 4.69) is 6.07 Å². The highest BCUT2D eigenvalue weighted by Gasteiger charge is 2.15. The van der Waals surface area contributed by atoms with E-state index in [4.69, 9.17) is 0 Å². The predicted molar refractivity (Wildman–Crippen MR) is 60.1 cm³/mol. The Morgan fingerprint density at radius 1 is 0.833 bits per heavy atom. The Bertz CT molecular complexity index is 778. The molecule has 18 heavy (non-hydrogen) atoms. The molecule has 0 saturated carbocycles. The van der Waals surface area contributed by atoms with Crippen molar-refractivity contribution >= 4 is 21.5 Å². The van der Waals surface area contributed by atoms with Crippen molar-refractivity contribution in [1.29, 1.82) is 0 Å². The van der Waals surface area contributed by atoms with Gasteiger partial charge in [-0.25, -0.2) is 17.6 Å². The quantitative estimate of drug-likeness (QED) is 0.315. The monoisotopic (exact) mass is 249 g/mol. The van der Waals surface area contributed by atoms with Crippen molar-refractivity contribution in [1.82, 2.24) is 0 Å². The lowest BCUT2D eigenvalue weighted by molar-refractivity contribution is 0.452. The molecule has 0 aliphatic rings. The summed E-state index contributed by atoms with van der Waals surface area (Å²) in [5.41, 5.74) is 0. The molecule has 4 heteroatoms. The van der Waals surface area contributed by atoms with Gasteiger partial charge in [-0.2, -0.15) is 0 Å². The van der Waals surface area contributed by atoms with Crippen molar-refractivity contribution in [3.8, 4) is 0 Å². The molecule has 0 atom stereocenters.